The van der Waals surface area contributed by atoms with E-state index in [0.717, 1.165) is 32.5 Å². The summed E-state index contributed by atoms with van der Waals surface area (Å²) in [4.78, 5) is 26.7. The third-order valence-electron chi connectivity index (χ3n) is 4.28. The fraction of sp³-hybridized carbons (Fsp3) is 0.857. The lowest BCUT2D eigenvalue weighted by molar-refractivity contribution is -0.137. The lowest BCUT2D eigenvalue weighted by Gasteiger charge is -2.24. The molecule has 2 saturated heterocycles. The molecule has 0 spiro atoms. The van der Waals surface area contributed by atoms with Gasteiger partial charge in [-0.3, -0.25) is 4.79 Å². The predicted molar refractivity (Wildman–Crippen MR) is 73.5 cm³/mol. The molecule has 6 nitrogen and oxygen atoms in total. The predicted octanol–water partition coefficient (Wildman–Crippen LogP) is 1.26. The lowest BCUT2D eigenvalue weighted by atomic mass is 10.0. The van der Waals surface area contributed by atoms with Crippen molar-refractivity contribution in [3.05, 3.63) is 0 Å². The van der Waals surface area contributed by atoms with E-state index in [1.165, 1.54) is 0 Å². The van der Waals surface area contributed by atoms with E-state index in [-0.39, 0.29) is 12.5 Å². The molecule has 6 heteroatoms. The number of carbonyl (C=O) groups excluding carboxylic acids is 1. The van der Waals surface area contributed by atoms with Crippen LogP contribution in [0.25, 0.3) is 0 Å². The van der Waals surface area contributed by atoms with E-state index in [1.54, 1.807) is 7.11 Å². The van der Waals surface area contributed by atoms with Crippen LogP contribution in [0.3, 0.4) is 0 Å². The van der Waals surface area contributed by atoms with Gasteiger partial charge in [0.2, 0.25) is 0 Å². The fourth-order valence-electron chi connectivity index (χ4n) is 3.15. The number of carboxylic acids is 1. The number of rotatable bonds is 5. The number of carbonyl (C=O) groups is 2. The van der Waals surface area contributed by atoms with Gasteiger partial charge in [-0.25, -0.2) is 4.79 Å². The van der Waals surface area contributed by atoms with Gasteiger partial charge in [0.15, 0.2) is 0 Å². The molecule has 2 fully saturated rings. The molecule has 2 rings (SSSR count). The van der Waals surface area contributed by atoms with Crippen molar-refractivity contribution in [1.29, 1.82) is 0 Å². The number of aliphatic carboxylic acids is 1. The molecule has 0 aromatic rings. The van der Waals surface area contributed by atoms with Gasteiger partial charge < -0.3 is 19.6 Å². The summed E-state index contributed by atoms with van der Waals surface area (Å²) >= 11 is 0. The summed E-state index contributed by atoms with van der Waals surface area (Å²) in [5.74, 6) is 0.0403. The van der Waals surface area contributed by atoms with Crippen LogP contribution in [-0.2, 0) is 9.53 Å². The molecule has 0 aromatic carbocycles. The third kappa shape index (κ3) is 3.85. The molecule has 2 aliphatic heterocycles. The lowest BCUT2D eigenvalue weighted by Crippen LogP contribution is -2.41. The van der Waals surface area contributed by atoms with E-state index >= 15 is 0 Å². The highest BCUT2D eigenvalue weighted by atomic mass is 16.5. The number of likely N-dealkylation sites (tertiary alicyclic amines) is 2. The van der Waals surface area contributed by atoms with Gasteiger partial charge in [-0.15, -0.1) is 0 Å². The molecular formula is C14H24N2O4. The van der Waals surface area contributed by atoms with Gasteiger partial charge in [-0.2, -0.15) is 0 Å². The first-order valence-corrected chi connectivity index (χ1v) is 7.34. The van der Waals surface area contributed by atoms with Gasteiger partial charge in [0.1, 0.15) is 0 Å². The van der Waals surface area contributed by atoms with Crippen molar-refractivity contribution in [3.8, 4) is 0 Å². The smallest absolute Gasteiger partial charge is 0.320 e. The standard InChI is InChI=1S/C14H24N2O4/c1-20-10-12-5-7-16(9-12)14(19)15-6-4-11(8-15)2-3-13(17)18/h11-12H,2-10H2,1H3,(H,17,18). The number of amides is 2. The van der Waals surface area contributed by atoms with E-state index in [4.69, 9.17) is 9.84 Å². The van der Waals surface area contributed by atoms with Gasteiger partial charge in [0.05, 0.1) is 6.61 Å². The Morgan fingerprint density at radius 3 is 2.35 bits per heavy atom. The maximum atomic E-state index is 12.4. The highest BCUT2D eigenvalue weighted by molar-refractivity contribution is 5.75. The Hall–Kier alpha value is -1.30. The first-order chi connectivity index (χ1) is 9.60. The number of hydrogen-bond donors (Lipinski definition) is 1. The Morgan fingerprint density at radius 2 is 1.75 bits per heavy atom. The van der Waals surface area contributed by atoms with E-state index in [9.17, 15) is 9.59 Å². The molecule has 0 saturated carbocycles. The van der Waals surface area contributed by atoms with Crippen LogP contribution in [0.15, 0.2) is 0 Å². The van der Waals surface area contributed by atoms with Gasteiger partial charge in [0.25, 0.3) is 0 Å². The second-order valence-electron chi connectivity index (χ2n) is 5.87. The maximum Gasteiger partial charge on any atom is 0.320 e. The van der Waals surface area contributed by atoms with Crippen molar-refractivity contribution in [2.75, 3.05) is 39.9 Å². The van der Waals surface area contributed by atoms with E-state index < -0.39 is 5.97 Å². The zero-order valence-electron chi connectivity index (χ0n) is 12.1. The van der Waals surface area contributed by atoms with Crippen molar-refractivity contribution in [2.45, 2.75) is 25.7 Å². The zero-order valence-corrected chi connectivity index (χ0v) is 12.1. The molecule has 1 N–H and O–H groups in total. The number of urea groups is 1. The first-order valence-electron chi connectivity index (χ1n) is 7.34. The molecule has 2 heterocycles. The van der Waals surface area contributed by atoms with Crippen molar-refractivity contribution < 1.29 is 19.4 Å². The normalized spacial score (nSPS) is 26.2. The number of ether oxygens (including phenoxy) is 1. The largest absolute Gasteiger partial charge is 0.481 e. The summed E-state index contributed by atoms with van der Waals surface area (Å²) in [6, 6.07) is 0.112. The van der Waals surface area contributed by atoms with Crippen LogP contribution in [0.2, 0.25) is 0 Å². The molecule has 114 valence electrons. The van der Waals surface area contributed by atoms with Crippen LogP contribution in [0, 0.1) is 11.8 Å². The fourth-order valence-corrected chi connectivity index (χ4v) is 3.15. The molecule has 0 bridgehead atoms. The Balaban J connectivity index is 1.75. The van der Waals surface area contributed by atoms with Crippen LogP contribution >= 0.6 is 0 Å². The van der Waals surface area contributed by atoms with Gasteiger partial charge in [-0.1, -0.05) is 0 Å². The Bertz CT molecular complexity index is 361. The molecule has 2 aliphatic rings. The number of hydrogen-bond acceptors (Lipinski definition) is 3. The summed E-state index contributed by atoms with van der Waals surface area (Å²) in [5, 5.41) is 8.70. The number of carboxylic acid groups (broad SMARTS) is 1. The molecule has 0 aromatic heterocycles. The highest BCUT2D eigenvalue weighted by Gasteiger charge is 2.33. The summed E-state index contributed by atoms with van der Waals surface area (Å²) in [5.41, 5.74) is 0. The summed E-state index contributed by atoms with van der Waals surface area (Å²) in [6.07, 6.45) is 2.81. The summed E-state index contributed by atoms with van der Waals surface area (Å²) in [7, 11) is 1.69. The summed E-state index contributed by atoms with van der Waals surface area (Å²) in [6.45, 7) is 3.77. The number of methoxy groups -OCH3 is 1. The molecule has 2 amide bonds. The second kappa shape index (κ2) is 6.92. The quantitative estimate of drug-likeness (QED) is 0.825. The minimum Gasteiger partial charge on any atom is -0.481 e. The molecule has 20 heavy (non-hydrogen) atoms. The third-order valence-corrected chi connectivity index (χ3v) is 4.28. The average molecular weight is 284 g/mol. The molecule has 0 radical (unpaired) electrons. The van der Waals surface area contributed by atoms with E-state index in [2.05, 4.69) is 0 Å². The van der Waals surface area contributed by atoms with Crippen molar-refractivity contribution in [3.63, 3.8) is 0 Å². The Labute approximate surface area is 119 Å². The monoisotopic (exact) mass is 284 g/mol. The van der Waals surface area contributed by atoms with Gasteiger partial charge in [-0.05, 0) is 25.2 Å². The maximum absolute atomic E-state index is 12.4. The van der Waals surface area contributed by atoms with Crippen LogP contribution < -0.4 is 0 Å². The van der Waals surface area contributed by atoms with Crippen molar-refractivity contribution >= 4 is 12.0 Å². The number of nitrogens with zero attached hydrogens (tertiary/aromatic N) is 2. The van der Waals surface area contributed by atoms with Crippen LogP contribution in [0.1, 0.15) is 25.7 Å². The van der Waals surface area contributed by atoms with Crippen LogP contribution in [0.4, 0.5) is 4.79 Å². The Morgan fingerprint density at radius 1 is 1.15 bits per heavy atom. The first kappa shape index (κ1) is 15.1. The molecule has 2 unspecified atom stereocenters. The van der Waals surface area contributed by atoms with Crippen LogP contribution in [-0.4, -0.2) is 66.8 Å². The van der Waals surface area contributed by atoms with Crippen molar-refractivity contribution in [1.82, 2.24) is 9.80 Å². The van der Waals surface area contributed by atoms with Crippen molar-refractivity contribution in [2.24, 2.45) is 11.8 Å². The SMILES string of the molecule is COCC1CCN(C(=O)N2CCC(CCC(=O)O)C2)C1. The molecule has 2 atom stereocenters. The van der Waals surface area contributed by atoms with E-state index in [0.29, 0.717) is 31.4 Å². The molecular weight excluding hydrogens is 260 g/mol. The Kier molecular flexibility index (Phi) is 5.23. The molecule has 0 aliphatic carbocycles. The summed E-state index contributed by atoms with van der Waals surface area (Å²) < 4.78 is 5.14. The van der Waals surface area contributed by atoms with E-state index in [1.807, 2.05) is 9.80 Å². The zero-order chi connectivity index (χ0) is 14.5. The minimum atomic E-state index is -0.753. The van der Waals surface area contributed by atoms with Gasteiger partial charge >= 0.3 is 12.0 Å². The topological polar surface area (TPSA) is 70.1 Å². The van der Waals surface area contributed by atoms with Gasteiger partial charge in [0, 0.05) is 45.6 Å². The second-order valence-corrected chi connectivity index (χ2v) is 5.87. The average Bonchev–Trinajstić information content (AvgIpc) is 3.05. The van der Waals surface area contributed by atoms with Crippen LogP contribution in [0.5, 0.6) is 0 Å². The minimum absolute atomic E-state index is 0.112. The highest BCUT2D eigenvalue weighted by Crippen LogP contribution is 2.24.